The molecule has 0 saturated heterocycles. The predicted molar refractivity (Wildman–Crippen MR) is 163 cm³/mol. The van der Waals surface area contributed by atoms with E-state index < -0.39 is 0 Å². The molecule has 0 aliphatic carbocycles. The van der Waals surface area contributed by atoms with Crippen LogP contribution in [0.25, 0.3) is 0 Å². The van der Waals surface area contributed by atoms with Gasteiger partial charge in [0.05, 0.1) is 12.1 Å². The zero-order chi connectivity index (χ0) is 26.7. The van der Waals surface area contributed by atoms with Crippen LogP contribution in [0.3, 0.4) is 0 Å². The van der Waals surface area contributed by atoms with Crippen molar-refractivity contribution in [1.29, 1.82) is 0 Å². The number of carbonyl (C=O) groups is 4. The van der Waals surface area contributed by atoms with Gasteiger partial charge in [0.2, 0.25) is 12.8 Å². The summed E-state index contributed by atoms with van der Waals surface area (Å²) in [6.45, 7) is 0. The summed E-state index contributed by atoms with van der Waals surface area (Å²) in [6, 6.07) is -0.643. The first-order valence-electron chi connectivity index (χ1n) is 13.2. The summed E-state index contributed by atoms with van der Waals surface area (Å²) >= 11 is 7.07. The van der Waals surface area contributed by atoms with Gasteiger partial charge in [-0.15, -0.1) is 0 Å². The first-order valence-corrected chi connectivity index (χ1v) is 18.3. The Bertz CT molecular complexity index is 522. The van der Waals surface area contributed by atoms with Crippen molar-refractivity contribution in [3.8, 4) is 0 Å². The van der Waals surface area contributed by atoms with Gasteiger partial charge in [-0.05, 0) is 61.2 Å². The Morgan fingerprint density at radius 1 is 0.583 bits per heavy atom. The molecule has 0 bridgehead atoms. The summed E-state index contributed by atoms with van der Waals surface area (Å²) in [5.74, 6) is 5.96. The van der Waals surface area contributed by atoms with Crippen molar-refractivity contribution in [3.05, 3.63) is 0 Å². The van der Waals surface area contributed by atoms with Crippen molar-refractivity contribution in [2.45, 2.75) is 89.1 Å². The van der Waals surface area contributed by atoms with E-state index in [4.69, 9.17) is 0 Å². The lowest BCUT2D eigenvalue weighted by Crippen LogP contribution is -2.36. The first kappa shape index (κ1) is 35.7. The summed E-state index contributed by atoms with van der Waals surface area (Å²) < 4.78 is 0. The average Bonchev–Trinajstić information content (AvgIpc) is 2.88. The molecule has 2 N–H and O–H groups in total. The van der Waals surface area contributed by atoms with E-state index in [-0.39, 0.29) is 23.7 Å². The van der Waals surface area contributed by atoms with Gasteiger partial charge in [0.25, 0.3) is 0 Å². The van der Waals surface area contributed by atoms with Gasteiger partial charge in [-0.1, -0.05) is 38.5 Å². The molecule has 0 rings (SSSR count). The Balaban J connectivity index is 3.49. The van der Waals surface area contributed by atoms with Gasteiger partial charge in [-0.2, -0.15) is 47.0 Å². The molecule has 0 aromatic heterocycles. The van der Waals surface area contributed by atoms with Crippen LogP contribution in [0.15, 0.2) is 0 Å². The molecule has 210 valence electrons. The van der Waals surface area contributed by atoms with Crippen LogP contribution in [0.5, 0.6) is 0 Å². The van der Waals surface area contributed by atoms with Crippen LogP contribution in [-0.2, 0) is 19.2 Å². The van der Waals surface area contributed by atoms with Gasteiger partial charge < -0.3 is 10.6 Å². The molecular weight excluding hydrogens is 533 g/mol. The monoisotopic (exact) mass is 580 g/mol. The Kier molecular flexibility index (Phi) is 27.5. The van der Waals surface area contributed by atoms with E-state index >= 15 is 0 Å². The fourth-order valence-electron chi connectivity index (χ4n) is 3.68. The lowest BCUT2D eigenvalue weighted by atomic mass is 10.1. The van der Waals surface area contributed by atoms with Crippen LogP contribution in [0.1, 0.15) is 77.0 Å². The summed E-state index contributed by atoms with van der Waals surface area (Å²) in [6.07, 6.45) is 17.9. The van der Waals surface area contributed by atoms with Crippen molar-refractivity contribution in [1.82, 2.24) is 10.6 Å². The number of carbonyl (C=O) groups excluding carboxylic acids is 4. The lowest BCUT2D eigenvalue weighted by Gasteiger charge is -2.14. The minimum Gasteiger partial charge on any atom is -0.349 e. The molecule has 2 unspecified atom stereocenters. The van der Waals surface area contributed by atoms with Crippen molar-refractivity contribution in [2.24, 2.45) is 0 Å². The van der Waals surface area contributed by atoms with Gasteiger partial charge in [-0.3, -0.25) is 19.2 Å². The molecule has 0 saturated carbocycles. The fraction of sp³-hybridized carbons (Fsp3) is 0.846. The highest BCUT2D eigenvalue weighted by Gasteiger charge is 2.17. The van der Waals surface area contributed by atoms with Crippen LogP contribution in [0.2, 0.25) is 0 Å². The number of amides is 2. The smallest absolute Gasteiger partial charge is 0.207 e. The molecule has 0 aliphatic rings. The molecule has 0 spiro atoms. The van der Waals surface area contributed by atoms with Crippen LogP contribution < -0.4 is 10.6 Å². The second-order valence-electron chi connectivity index (χ2n) is 8.72. The summed E-state index contributed by atoms with van der Waals surface area (Å²) in [7, 11) is 0. The lowest BCUT2D eigenvalue weighted by molar-refractivity contribution is -0.123. The molecule has 0 fully saturated rings. The van der Waals surface area contributed by atoms with E-state index in [1.807, 2.05) is 36.0 Å². The first-order chi connectivity index (χ1) is 17.6. The zero-order valence-electron chi connectivity index (χ0n) is 22.3. The third kappa shape index (κ3) is 21.7. The minimum absolute atomic E-state index is 0.151. The number of Topliss-reactive ketones (excluding diaryl/α,β-unsaturated/α-hetero) is 2. The van der Waals surface area contributed by atoms with E-state index in [1.54, 1.807) is 23.5 Å². The normalized spacial score (nSPS) is 12.6. The fourth-order valence-corrected chi connectivity index (χ4v) is 6.54. The van der Waals surface area contributed by atoms with Crippen molar-refractivity contribution in [3.63, 3.8) is 0 Å². The van der Waals surface area contributed by atoms with Crippen LogP contribution >= 0.6 is 47.0 Å². The zero-order valence-corrected chi connectivity index (χ0v) is 25.6. The number of ketones is 2. The maximum absolute atomic E-state index is 12.2. The highest BCUT2D eigenvalue weighted by atomic mass is 32.2. The number of unbranched alkanes of at least 4 members (excludes halogenated alkanes) is 7. The summed E-state index contributed by atoms with van der Waals surface area (Å²) in [4.78, 5) is 45.8. The maximum Gasteiger partial charge on any atom is 0.207 e. The predicted octanol–water partition coefficient (Wildman–Crippen LogP) is 5.23. The number of hydrogen-bond donors (Lipinski definition) is 2. The Morgan fingerprint density at radius 3 is 1.28 bits per heavy atom. The molecule has 0 heterocycles. The van der Waals surface area contributed by atoms with E-state index in [0.29, 0.717) is 38.5 Å². The van der Waals surface area contributed by atoms with E-state index in [1.165, 1.54) is 51.4 Å². The van der Waals surface area contributed by atoms with Crippen molar-refractivity contribution >= 4 is 71.4 Å². The van der Waals surface area contributed by atoms with E-state index in [9.17, 15) is 19.2 Å². The molecule has 0 aromatic rings. The summed E-state index contributed by atoms with van der Waals surface area (Å²) in [5.41, 5.74) is 0. The number of hydrogen-bond acceptors (Lipinski definition) is 8. The van der Waals surface area contributed by atoms with E-state index in [2.05, 4.69) is 10.6 Å². The average molecular weight is 581 g/mol. The SMILES string of the molecule is CSCCC(NC=O)C(=O)CCSCCCCCCCCCCSCCC(=O)C(CCSC)NC=O. The number of thioether (sulfide) groups is 4. The third-order valence-corrected chi connectivity index (χ3v) is 9.28. The second kappa shape index (κ2) is 27.7. The van der Waals surface area contributed by atoms with E-state index in [0.717, 1.165) is 34.5 Å². The standard InChI is InChI=1S/C26H48N2O4S4/c1-33-17-11-23(27-21-29)25(31)13-19-35-15-9-7-5-3-4-6-8-10-16-36-20-14-26(32)24(28-22-30)12-18-34-2/h21-24H,3-20H2,1-2H3,(H,27,29)(H,28,30). The summed E-state index contributed by atoms with van der Waals surface area (Å²) in [5, 5.41) is 5.32. The minimum atomic E-state index is -0.322. The molecule has 2 atom stereocenters. The number of nitrogens with one attached hydrogen (secondary N) is 2. The third-order valence-electron chi connectivity index (χ3n) is 5.85. The highest BCUT2D eigenvalue weighted by molar-refractivity contribution is 7.99. The molecule has 0 aliphatic heterocycles. The highest BCUT2D eigenvalue weighted by Crippen LogP contribution is 2.15. The van der Waals surface area contributed by atoms with Crippen molar-refractivity contribution in [2.75, 3.05) is 47.0 Å². The van der Waals surface area contributed by atoms with Crippen molar-refractivity contribution < 1.29 is 19.2 Å². The largest absolute Gasteiger partial charge is 0.349 e. The van der Waals surface area contributed by atoms with Crippen LogP contribution in [-0.4, -0.2) is 83.5 Å². The molecule has 0 radical (unpaired) electrons. The topological polar surface area (TPSA) is 92.3 Å². The van der Waals surface area contributed by atoms with Gasteiger partial charge in [0.15, 0.2) is 11.6 Å². The molecular formula is C26H48N2O4S4. The van der Waals surface area contributed by atoms with Gasteiger partial charge in [0.1, 0.15) is 0 Å². The molecule has 0 aromatic carbocycles. The van der Waals surface area contributed by atoms with Gasteiger partial charge in [0, 0.05) is 24.3 Å². The maximum atomic E-state index is 12.2. The van der Waals surface area contributed by atoms with Gasteiger partial charge >= 0.3 is 0 Å². The Labute approximate surface area is 236 Å². The Hall–Kier alpha value is -0.320. The van der Waals surface area contributed by atoms with Crippen LogP contribution in [0.4, 0.5) is 0 Å². The van der Waals surface area contributed by atoms with Crippen LogP contribution in [0, 0.1) is 0 Å². The molecule has 2 amide bonds. The van der Waals surface area contributed by atoms with Gasteiger partial charge in [-0.25, -0.2) is 0 Å². The Morgan fingerprint density at radius 2 is 0.944 bits per heavy atom. The number of rotatable bonds is 29. The second-order valence-corrected chi connectivity index (χ2v) is 13.1. The molecule has 36 heavy (non-hydrogen) atoms. The molecule has 10 heteroatoms. The quantitative estimate of drug-likeness (QED) is 0.0918. The molecule has 6 nitrogen and oxygen atoms in total.